The normalized spacial score (nSPS) is 13.2. The summed E-state index contributed by atoms with van der Waals surface area (Å²) in [7, 11) is 0. The molecule has 1 aliphatic rings. The van der Waals surface area contributed by atoms with Crippen molar-refractivity contribution in [2.45, 2.75) is 39.0 Å². The van der Waals surface area contributed by atoms with Crippen molar-refractivity contribution in [2.75, 3.05) is 18.5 Å². The van der Waals surface area contributed by atoms with Gasteiger partial charge in [0.1, 0.15) is 5.75 Å². The van der Waals surface area contributed by atoms with E-state index in [0.29, 0.717) is 23.6 Å². The van der Waals surface area contributed by atoms with Crippen LogP contribution in [0.4, 0.5) is 5.69 Å². The van der Waals surface area contributed by atoms with E-state index in [1.165, 1.54) is 0 Å². The summed E-state index contributed by atoms with van der Waals surface area (Å²) in [5.41, 5.74) is 3.81. The van der Waals surface area contributed by atoms with Crippen LogP contribution < -0.4 is 10.1 Å². The molecule has 2 aromatic carbocycles. The smallest absolute Gasteiger partial charge is 0.339 e. The van der Waals surface area contributed by atoms with Crippen LogP contribution in [0.2, 0.25) is 0 Å². The number of carbonyl (C=O) groups is 2. The second-order valence-electron chi connectivity index (χ2n) is 7.54. The van der Waals surface area contributed by atoms with Gasteiger partial charge in [-0.2, -0.15) is 0 Å². The summed E-state index contributed by atoms with van der Waals surface area (Å²) in [5.74, 6) is -0.315. The van der Waals surface area contributed by atoms with Gasteiger partial charge in [-0.25, -0.2) is 4.79 Å². The van der Waals surface area contributed by atoms with Crippen LogP contribution >= 0.6 is 0 Å². The number of carbonyl (C=O) groups excluding carboxylic acids is 2. The number of nitrogens with zero attached hydrogens (tertiary/aromatic N) is 1. The third-order valence-electron chi connectivity index (χ3n) is 5.42. The highest BCUT2D eigenvalue weighted by Crippen LogP contribution is 2.29. The van der Waals surface area contributed by atoms with Crippen LogP contribution in [0, 0.1) is 0 Å². The molecule has 0 saturated heterocycles. The van der Waals surface area contributed by atoms with Gasteiger partial charge in [0.2, 0.25) is 0 Å². The van der Waals surface area contributed by atoms with Crippen molar-refractivity contribution in [3.8, 4) is 5.75 Å². The van der Waals surface area contributed by atoms with Crippen molar-refractivity contribution in [1.82, 2.24) is 4.98 Å². The monoisotopic (exact) mass is 418 g/mol. The summed E-state index contributed by atoms with van der Waals surface area (Å²) in [4.78, 5) is 30.4. The minimum atomic E-state index is -0.481. The van der Waals surface area contributed by atoms with Gasteiger partial charge in [-0.3, -0.25) is 9.78 Å². The van der Waals surface area contributed by atoms with Crippen LogP contribution in [-0.4, -0.2) is 30.1 Å². The molecule has 160 valence electrons. The lowest BCUT2D eigenvalue weighted by Gasteiger charge is -2.15. The highest BCUT2D eigenvalue weighted by Gasteiger charge is 2.23. The van der Waals surface area contributed by atoms with E-state index in [1.807, 2.05) is 43.3 Å². The van der Waals surface area contributed by atoms with Gasteiger partial charge in [0, 0.05) is 11.1 Å². The maximum atomic E-state index is 13.1. The zero-order valence-electron chi connectivity index (χ0n) is 17.6. The maximum absolute atomic E-state index is 13.1. The predicted molar refractivity (Wildman–Crippen MR) is 120 cm³/mol. The summed E-state index contributed by atoms with van der Waals surface area (Å²) < 4.78 is 11.0. The molecule has 0 bridgehead atoms. The molecule has 4 rings (SSSR count). The summed E-state index contributed by atoms with van der Waals surface area (Å²) in [6.45, 7) is 2.00. The molecule has 1 N–H and O–H groups in total. The molecule has 1 aromatic heterocycles. The number of para-hydroxylation sites is 3. The fourth-order valence-electron chi connectivity index (χ4n) is 4.02. The first-order valence-corrected chi connectivity index (χ1v) is 10.8. The van der Waals surface area contributed by atoms with E-state index in [2.05, 4.69) is 5.32 Å². The lowest BCUT2D eigenvalue weighted by atomic mass is 9.97. The van der Waals surface area contributed by atoms with E-state index in [4.69, 9.17) is 14.5 Å². The first-order valence-electron chi connectivity index (χ1n) is 10.8. The van der Waals surface area contributed by atoms with Crippen molar-refractivity contribution >= 4 is 28.5 Å². The van der Waals surface area contributed by atoms with Crippen LogP contribution in [-0.2, 0) is 22.4 Å². The average Bonchev–Trinajstić information content (AvgIpc) is 3.02. The number of nitrogens with one attached hydrogen (secondary N) is 1. The van der Waals surface area contributed by atoms with E-state index in [0.717, 1.165) is 54.3 Å². The number of hydrogen-bond acceptors (Lipinski definition) is 5. The van der Waals surface area contributed by atoms with Gasteiger partial charge in [-0.05, 0) is 56.4 Å². The Kier molecular flexibility index (Phi) is 6.46. The number of fused-ring (bicyclic) bond motifs is 2. The number of pyridine rings is 1. The molecule has 1 amide bonds. The van der Waals surface area contributed by atoms with Crippen LogP contribution in [0.5, 0.6) is 5.75 Å². The van der Waals surface area contributed by atoms with Crippen molar-refractivity contribution in [2.24, 2.45) is 0 Å². The van der Waals surface area contributed by atoms with E-state index >= 15 is 0 Å². The van der Waals surface area contributed by atoms with Crippen molar-refractivity contribution in [3.63, 3.8) is 0 Å². The van der Waals surface area contributed by atoms with Crippen LogP contribution in [0.1, 0.15) is 47.8 Å². The van der Waals surface area contributed by atoms with Crippen LogP contribution in [0.25, 0.3) is 10.9 Å². The molecule has 0 radical (unpaired) electrons. The molecule has 1 aliphatic carbocycles. The van der Waals surface area contributed by atoms with E-state index < -0.39 is 11.9 Å². The number of hydrogen-bond donors (Lipinski definition) is 1. The summed E-state index contributed by atoms with van der Waals surface area (Å²) >= 11 is 0. The molecular formula is C25H26N2O4. The Morgan fingerprint density at radius 3 is 2.65 bits per heavy atom. The van der Waals surface area contributed by atoms with Crippen molar-refractivity contribution < 1.29 is 19.1 Å². The quantitative estimate of drug-likeness (QED) is 0.464. The minimum absolute atomic E-state index is 0.370. The number of anilines is 1. The number of amides is 1. The number of esters is 1. The molecule has 0 aliphatic heterocycles. The lowest BCUT2D eigenvalue weighted by molar-refractivity contribution is -0.119. The van der Waals surface area contributed by atoms with E-state index in [9.17, 15) is 9.59 Å². The SMILES string of the molecule is CCOc1ccccc1NC(=O)COC(=O)c1c2c(nc3ccccc13)CCCCC2. The Balaban J connectivity index is 1.54. The molecule has 0 spiro atoms. The van der Waals surface area contributed by atoms with Gasteiger partial charge >= 0.3 is 5.97 Å². The van der Waals surface area contributed by atoms with Crippen LogP contribution in [0.3, 0.4) is 0 Å². The minimum Gasteiger partial charge on any atom is -0.492 e. The number of benzene rings is 2. The van der Waals surface area contributed by atoms with Gasteiger partial charge in [0.15, 0.2) is 6.61 Å². The third kappa shape index (κ3) is 4.68. The summed E-state index contributed by atoms with van der Waals surface area (Å²) in [5, 5.41) is 3.53. The largest absolute Gasteiger partial charge is 0.492 e. The Hall–Kier alpha value is -3.41. The molecule has 0 saturated carbocycles. The average molecular weight is 418 g/mol. The first-order chi connectivity index (χ1) is 15.2. The second kappa shape index (κ2) is 9.60. The third-order valence-corrected chi connectivity index (χ3v) is 5.42. The van der Waals surface area contributed by atoms with Gasteiger partial charge in [-0.1, -0.05) is 36.8 Å². The lowest BCUT2D eigenvalue weighted by Crippen LogP contribution is -2.22. The van der Waals surface area contributed by atoms with E-state index in [-0.39, 0.29) is 6.61 Å². The fourth-order valence-corrected chi connectivity index (χ4v) is 4.02. The Morgan fingerprint density at radius 1 is 1.00 bits per heavy atom. The molecule has 6 nitrogen and oxygen atoms in total. The molecule has 3 aromatic rings. The molecular weight excluding hydrogens is 392 g/mol. The van der Waals surface area contributed by atoms with Gasteiger partial charge in [0.05, 0.1) is 23.4 Å². The molecule has 0 atom stereocenters. The highest BCUT2D eigenvalue weighted by atomic mass is 16.5. The molecule has 0 unspecified atom stereocenters. The molecule has 1 heterocycles. The highest BCUT2D eigenvalue weighted by molar-refractivity contribution is 6.06. The summed E-state index contributed by atoms with van der Waals surface area (Å²) in [6, 6.07) is 14.8. The Bertz CT molecular complexity index is 1110. The van der Waals surface area contributed by atoms with Crippen molar-refractivity contribution in [1.29, 1.82) is 0 Å². The standard InChI is InChI=1S/C25H26N2O4/c1-2-30-22-15-9-8-14-21(22)27-23(28)16-31-25(29)24-17-10-4-3-5-12-19(17)26-20-13-7-6-11-18(20)24/h6-9,11,13-15H,2-5,10,12,16H2,1H3,(H,27,28). The predicted octanol–water partition coefficient (Wildman–Crippen LogP) is 4.70. The summed E-state index contributed by atoms with van der Waals surface area (Å²) in [6.07, 6.45) is 4.85. The topological polar surface area (TPSA) is 77.5 Å². The van der Waals surface area contributed by atoms with Crippen molar-refractivity contribution in [3.05, 3.63) is 65.4 Å². The number of aromatic nitrogens is 1. The molecule has 0 fully saturated rings. The van der Waals surface area contributed by atoms with Gasteiger partial charge in [0.25, 0.3) is 5.91 Å². The number of aryl methyl sites for hydroxylation is 1. The van der Waals surface area contributed by atoms with Crippen LogP contribution in [0.15, 0.2) is 48.5 Å². The van der Waals surface area contributed by atoms with E-state index in [1.54, 1.807) is 12.1 Å². The molecule has 6 heteroatoms. The second-order valence-corrected chi connectivity index (χ2v) is 7.54. The zero-order chi connectivity index (χ0) is 21.6. The Morgan fingerprint density at radius 2 is 1.77 bits per heavy atom. The van der Waals surface area contributed by atoms with Gasteiger partial charge in [-0.15, -0.1) is 0 Å². The Labute approximate surface area is 181 Å². The first kappa shape index (κ1) is 20.8. The number of rotatable bonds is 6. The molecule has 31 heavy (non-hydrogen) atoms. The zero-order valence-corrected chi connectivity index (χ0v) is 17.6. The fraction of sp³-hybridized carbons (Fsp3) is 0.320. The maximum Gasteiger partial charge on any atom is 0.339 e. The van der Waals surface area contributed by atoms with Gasteiger partial charge < -0.3 is 14.8 Å². The number of ether oxygens (including phenoxy) is 2.